The number of hydrogen-bond donors (Lipinski definition) is 0. The Morgan fingerprint density at radius 2 is 1.39 bits per heavy atom. The minimum absolute atomic E-state index is 0. The van der Waals surface area contributed by atoms with Crippen LogP contribution in [-0.4, -0.2) is 0 Å². The second kappa shape index (κ2) is 13.2. The number of halogens is 2. The Hall–Kier alpha value is 0.163. The number of fused-ring (bicyclic) bond motifs is 1. The molecule has 0 spiro atoms. The second-order valence-electron chi connectivity index (χ2n) is 9.84. The average Bonchev–Trinajstić information content (AvgIpc) is 3.14. The zero-order valence-corrected chi connectivity index (χ0v) is 24.5. The van der Waals surface area contributed by atoms with Gasteiger partial charge >= 0.3 is 37.9 Å². The minimum atomic E-state index is -0.826. The zero-order chi connectivity index (χ0) is 21.1. The Balaban J connectivity index is 0.000000910. The molecule has 8 unspecified atom stereocenters. The van der Waals surface area contributed by atoms with Gasteiger partial charge < -0.3 is 14.9 Å². The first-order valence-electron chi connectivity index (χ1n) is 11.3. The molecule has 0 radical (unpaired) electrons. The molecule has 4 rings (SSSR count). The topological polar surface area (TPSA) is 0 Å². The van der Waals surface area contributed by atoms with Gasteiger partial charge in [0, 0.05) is 0 Å². The maximum absolute atomic E-state index is 4.93. The van der Waals surface area contributed by atoms with Crippen molar-refractivity contribution in [2.24, 2.45) is 53.3 Å². The van der Waals surface area contributed by atoms with E-state index in [0.29, 0.717) is 0 Å². The quantitative estimate of drug-likeness (QED) is 0.335. The first-order valence-corrected chi connectivity index (χ1v) is 17.6. The van der Waals surface area contributed by atoms with E-state index in [-0.39, 0.29) is 14.9 Å². The molecule has 0 amide bonds. The maximum atomic E-state index is 4.93. The third kappa shape index (κ3) is 6.19. The molecular formula is C28H42Cl2Zr. The Morgan fingerprint density at radius 1 is 0.839 bits per heavy atom. The molecule has 172 valence electrons. The van der Waals surface area contributed by atoms with Gasteiger partial charge in [0.1, 0.15) is 0 Å². The summed E-state index contributed by atoms with van der Waals surface area (Å²) < 4.78 is 0. The van der Waals surface area contributed by atoms with Crippen LogP contribution in [0, 0.1) is 68.1 Å². The van der Waals surface area contributed by atoms with E-state index in [9.17, 15) is 0 Å². The van der Waals surface area contributed by atoms with E-state index in [1.807, 2.05) is 0 Å². The van der Waals surface area contributed by atoms with E-state index < -0.39 is 20.8 Å². The first kappa shape index (κ1) is 29.2. The van der Waals surface area contributed by atoms with Crippen molar-refractivity contribution in [1.29, 1.82) is 0 Å². The van der Waals surface area contributed by atoms with E-state index in [1.54, 1.807) is 5.57 Å². The molecule has 3 aliphatic rings. The van der Waals surface area contributed by atoms with E-state index in [4.69, 9.17) is 17.0 Å². The average molecular weight is 541 g/mol. The molecule has 0 bridgehead atoms. The summed E-state index contributed by atoms with van der Waals surface area (Å²) in [6, 6.07) is 11.1. The van der Waals surface area contributed by atoms with Crippen LogP contribution >= 0.6 is 17.0 Å². The molecule has 0 aliphatic heterocycles. The van der Waals surface area contributed by atoms with Crippen LogP contribution in [0.3, 0.4) is 0 Å². The van der Waals surface area contributed by atoms with Gasteiger partial charge in [-0.1, -0.05) is 83.2 Å². The predicted molar refractivity (Wildman–Crippen MR) is 137 cm³/mol. The standard InChI is InChI=1S/C26H36.2CH3.2ClH.Zr/c1-16-14-26-22(21-10-7-6-8-11-21)12-9-13-23(26)24(16)15-25-19(4)17(2)18(3)20(25)5;;;;;/h6-13,16-20,23-26H,14-15H2,1-5H3;2*1H3;2*1H;/q;2*-1;;;+4/p-2. The van der Waals surface area contributed by atoms with E-state index in [0.717, 1.165) is 53.3 Å². The molecule has 0 aromatic heterocycles. The van der Waals surface area contributed by atoms with Gasteiger partial charge in [-0.05, 0) is 77.2 Å². The zero-order valence-electron chi connectivity index (χ0n) is 20.5. The summed E-state index contributed by atoms with van der Waals surface area (Å²) in [4.78, 5) is 0. The van der Waals surface area contributed by atoms with Crippen molar-refractivity contribution >= 4 is 22.6 Å². The number of rotatable bonds is 3. The van der Waals surface area contributed by atoms with Gasteiger partial charge in [-0.25, -0.2) is 0 Å². The molecule has 1 aromatic carbocycles. The van der Waals surface area contributed by atoms with E-state index in [1.165, 1.54) is 18.4 Å². The van der Waals surface area contributed by atoms with Crippen molar-refractivity contribution in [2.75, 3.05) is 0 Å². The second-order valence-corrected chi connectivity index (χ2v) is 13.6. The summed E-state index contributed by atoms with van der Waals surface area (Å²) in [5.41, 5.74) is 3.02. The molecular weight excluding hydrogens is 498 g/mol. The van der Waals surface area contributed by atoms with Crippen LogP contribution in [0.2, 0.25) is 0 Å². The summed E-state index contributed by atoms with van der Waals surface area (Å²) in [7, 11) is 9.87. The fourth-order valence-electron chi connectivity index (χ4n) is 6.72. The van der Waals surface area contributed by atoms with Crippen LogP contribution in [0.4, 0.5) is 0 Å². The monoisotopic (exact) mass is 538 g/mol. The van der Waals surface area contributed by atoms with Gasteiger partial charge in [0.25, 0.3) is 0 Å². The van der Waals surface area contributed by atoms with Crippen molar-refractivity contribution in [1.82, 2.24) is 0 Å². The van der Waals surface area contributed by atoms with Crippen molar-refractivity contribution in [3.8, 4) is 0 Å². The van der Waals surface area contributed by atoms with Crippen LogP contribution in [0.1, 0.15) is 53.0 Å². The summed E-state index contributed by atoms with van der Waals surface area (Å²) in [5, 5.41) is 0. The van der Waals surface area contributed by atoms with Gasteiger partial charge in [-0.2, -0.15) is 0 Å². The Morgan fingerprint density at radius 3 is 1.94 bits per heavy atom. The summed E-state index contributed by atoms with van der Waals surface area (Å²) >= 11 is -0.826. The van der Waals surface area contributed by atoms with Gasteiger partial charge in [-0.15, -0.1) is 0 Å². The van der Waals surface area contributed by atoms with Crippen molar-refractivity contribution in [3.05, 3.63) is 69.0 Å². The summed E-state index contributed by atoms with van der Waals surface area (Å²) in [5.74, 6) is 7.59. The number of benzene rings is 1. The van der Waals surface area contributed by atoms with Crippen LogP contribution in [0.15, 0.2) is 48.6 Å². The molecule has 8 atom stereocenters. The molecule has 0 N–H and O–H groups in total. The SMILES string of the molecule is CC1CC2C(c3ccccc3)=CC=CC2C1CC1C(C)C(C)C(C)C1C.[CH3-].[CH3-].[Cl][Zr+2][Cl]. The van der Waals surface area contributed by atoms with Crippen LogP contribution in [0.25, 0.3) is 5.57 Å². The molecule has 0 saturated heterocycles. The third-order valence-electron chi connectivity index (χ3n) is 8.81. The molecule has 0 heterocycles. The molecule has 3 heteroatoms. The fourth-order valence-corrected chi connectivity index (χ4v) is 6.72. The van der Waals surface area contributed by atoms with E-state index >= 15 is 0 Å². The van der Waals surface area contributed by atoms with Gasteiger partial charge in [0.2, 0.25) is 0 Å². The third-order valence-corrected chi connectivity index (χ3v) is 8.81. The van der Waals surface area contributed by atoms with Gasteiger partial charge in [0.05, 0.1) is 0 Å². The molecule has 0 nitrogen and oxygen atoms in total. The Labute approximate surface area is 211 Å². The molecule has 1 aromatic rings. The predicted octanol–water partition coefficient (Wildman–Crippen LogP) is 9.37. The molecule has 2 fully saturated rings. The van der Waals surface area contributed by atoms with Crippen molar-refractivity contribution < 1.29 is 20.8 Å². The Bertz CT molecular complexity index is 699. The number of allylic oxidation sites excluding steroid dienone is 4. The fraction of sp³-hybridized carbons (Fsp3) is 0.571. The van der Waals surface area contributed by atoms with Crippen LogP contribution in [-0.2, 0) is 20.8 Å². The van der Waals surface area contributed by atoms with E-state index in [2.05, 4.69) is 83.2 Å². The molecule has 31 heavy (non-hydrogen) atoms. The number of hydrogen-bond acceptors (Lipinski definition) is 0. The van der Waals surface area contributed by atoms with Crippen molar-refractivity contribution in [3.63, 3.8) is 0 Å². The van der Waals surface area contributed by atoms with Crippen LogP contribution < -0.4 is 0 Å². The normalized spacial score (nSPS) is 37.9. The van der Waals surface area contributed by atoms with Crippen molar-refractivity contribution in [2.45, 2.75) is 47.5 Å². The first-order chi connectivity index (χ1) is 13.9. The van der Waals surface area contributed by atoms with Crippen LogP contribution in [0.5, 0.6) is 0 Å². The van der Waals surface area contributed by atoms with Gasteiger partial charge in [0.15, 0.2) is 0 Å². The molecule has 3 aliphatic carbocycles. The summed E-state index contributed by atoms with van der Waals surface area (Å²) in [6.07, 6.45) is 10.1. The Kier molecular flexibility index (Phi) is 12.4. The summed E-state index contributed by atoms with van der Waals surface area (Å²) in [6.45, 7) is 12.6. The molecule has 2 saturated carbocycles. The van der Waals surface area contributed by atoms with Gasteiger partial charge in [-0.3, -0.25) is 0 Å².